The fourth-order valence-electron chi connectivity index (χ4n) is 2.37. The van der Waals surface area contributed by atoms with Crippen LogP contribution >= 0.6 is 0 Å². The van der Waals surface area contributed by atoms with Crippen LogP contribution in [0.15, 0.2) is 36.4 Å². The Morgan fingerprint density at radius 1 is 1.04 bits per heavy atom. The van der Waals surface area contributed by atoms with Crippen molar-refractivity contribution in [3.63, 3.8) is 0 Å². The molecule has 0 aliphatic rings. The molecule has 2 aromatic rings. The molecule has 0 atom stereocenters. The molecule has 2 amide bonds. The van der Waals surface area contributed by atoms with Crippen LogP contribution in [0, 0.1) is 6.92 Å². The number of aryl methyl sites for hydroxylation is 1. The van der Waals surface area contributed by atoms with Crippen LogP contribution in [0.25, 0.3) is 0 Å². The van der Waals surface area contributed by atoms with Gasteiger partial charge in [0.1, 0.15) is 5.75 Å². The van der Waals surface area contributed by atoms with Gasteiger partial charge in [-0.3, -0.25) is 0 Å². The second kappa shape index (κ2) is 8.82. The van der Waals surface area contributed by atoms with Gasteiger partial charge in [-0.05, 0) is 55.3 Å². The molecule has 0 spiro atoms. The van der Waals surface area contributed by atoms with Gasteiger partial charge in [0.05, 0.1) is 20.8 Å². The van der Waals surface area contributed by atoms with Crippen LogP contribution < -0.4 is 24.8 Å². The highest BCUT2D eigenvalue weighted by Crippen LogP contribution is 2.27. The van der Waals surface area contributed by atoms with Gasteiger partial charge >= 0.3 is 6.03 Å². The first-order chi connectivity index (χ1) is 12.1. The summed E-state index contributed by atoms with van der Waals surface area (Å²) in [5.74, 6) is 2.07. The fraction of sp³-hybridized carbons (Fsp3) is 0.316. The Balaban J connectivity index is 1.95. The topological polar surface area (TPSA) is 68.8 Å². The fourth-order valence-corrected chi connectivity index (χ4v) is 2.37. The van der Waals surface area contributed by atoms with Gasteiger partial charge in [-0.15, -0.1) is 0 Å². The first kappa shape index (κ1) is 18.4. The summed E-state index contributed by atoms with van der Waals surface area (Å²) in [6, 6.07) is 10.8. The number of amides is 2. The molecule has 0 aliphatic heterocycles. The van der Waals surface area contributed by atoms with E-state index in [1.807, 2.05) is 50.2 Å². The Kier molecular flexibility index (Phi) is 6.51. The smallest absolute Gasteiger partial charge is 0.319 e. The summed E-state index contributed by atoms with van der Waals surface area (Å²) in [4.78, 5) is 12.1. The summed E-state index contributed by atoms with van der Waals surface area (Å²) in [5, 5.41) is 5.66. The van der Waals surface area contributed by atoms with E-state index < -0.39 is 0 Å². The summed E-state index contributed by atoms with van der Waals surface area (Å²) in [7, 11) is 3.17. The van der Waals surface area contributed by atoms with Crippen LogP contribution in [-0.2, 0) is 6.54 Å². The zero-order valence-corrected chi connectivity index (χ0v) is 15.0. The van der Waals surface area contributed by atoms with Crippen molar-refractivity contribution in [1.29, 1.82) is 0 Å². The molecule has 6 nitrogen and oxygen atoms in total. The number of rotatable bonds is 7. The van der Waals surface area contributed by atoms with Crippen molar-refractivity contribution < 1.29 is 19.0 Å². The molecule has 0 saturated heterocycles. The number of methoxy groups -OCH3 is 2. The summed E-state index contributed by atoms with van der Waals surface area (Å²) < 4.78 is 15.9. The van der Waals surface area contributed by atoms with E-state index in [-0.39, 0.29) is 6.03 Å². The number of benzene rings is 2. The minimum Gasteiger partial charge on any atom is -0.494 e. The quantitative estimate of drug-likeness (QED) is 0.803. The Morgan fingerprint density at radius 2 is 1.80 bits per heavy atom. The second-order valence-electron chi connectivity index (χ2n) is 5.41. The highest BCUT2D eigenvalue weighted by atomic mass is 16.5. The Bertz CT molecular complexity index is 731. The van der Waals surface area contributed by atoms with Crippen LogP contribution in [0.1, 0.15) is 18.1 Å². The minimum atomic E-state index is -0.276. The predicted octanol–water partition coefficient (Wildman–Crippen LogP) is 3.73. The van der Waals surface area contributed by atoms with E-state index in [9.17, 15) is 4.79 Å². The molecule has 0 heterocycles. The first-order valence-electron chi connectivity index (χ1n) is 8.06. The van der Waals surface area contributed by atoms with E-state index in [0.717, 1.165) is 22.6 Å². The van der Waals surface area contributed by atoms with Crippen LogP contribution in [0.4, 0.5) is 10.5 Å². The summed E-state index contributed by atoms with van der Waals surface area (Å²) in [5.41, 5.74) is 2.59. The summed E-state index contributed by atoms with van der Waals surface area (Å²) in [6.07, 6.45) is 0. The lowest BCUT2D eigenvalue weighted by atomic mass is 10.2. The largest absolute Gasteiger partial charge is 0.494 e. The van der Waals surface area contributed by atoms with Crippen molar-refractivity contribution in [3.05, 3.63) is 47.5 Å². The third kappa shape index (κ3) is 5.04. The van der Waals surface area contributed by atoms with E-state index in [2.05, 4.69) is 10.6 Å². The zero-order chi connectivity index (χ0) is 18.2. The van der Waals surface area contributed by atoms with Gasteiger partial charge in [0.15, 0.2) is 11.5 Å². The lowest BCUT2D eigenvalue weighted by Gasteiger charge is -2.13. The normalized spacial score (nSPS) is 10.1. The number of ether oxygens (including phenoxy) is 3. The number of hydrogen-bond donors (Lipinski definition) is 2. The Labute approximate surface area is 148 Å². The molecule has 0 aliphatic carbocycles. The number of urea groups is 1. The Hall–Kier alpha value is -2.89. The van der Waals surface area contributed by atoms with Crippen molar-refractivity contribution >= 4 is 11.7 Å². The molecule has 0 fully saturated rings. The van der Waals surface area contributed by atoms with Gasteiger partial charge in [0.2, 0.25) is 0 Å². The predicted molar refractivity (Wildman–Crippen MR) is 97.8 cm³/mol. The standard InChI is InChI=1S/C19H24N2O4/c1-5-25-15-7-8-16(13(2)10-15)21-19(22)20-12-14-6-9-17(23-3)18(11-14)24-4/h6-11H,5,12H2,1-4H3,(H2,20,21,22). The molecule has 25 heavy (non-hydrogen) atoms. The van der Waals surface area contributed by atoms with E-state index in [1.165, 1.54) is 0 Å². The second-order valence-corrected chi connectivity index (χ2v) is 5.41. The van der Waals surface area contributed by atoms with Crippen LogP contribution in [0.5, 0.6) is 17.2 Å². The average Bonchev–Trinajstić information content (AvgIpc) is 2.62. The van der Waals surface area contributed by atoms with Crippen molar-refractivity contribution in [3.8, 4) is 17.2 Å². The van der Waals surface area contributed by atoms with E-state index in [0.29, 0.717) is 24.7 Å². The third-order valence-electron chi connectivity index (χ3n) is 3.66. The lowest BCUT2D eigenvalue weighted by Crippen LogP contribution is -2.28. The molecule has 0 radical (unpaired) electrons. The van der Waals surface area contributed by atoms with Crippen LogP contribution in [0.3, 0.4) is 0 Å². The molecule has 0 aromatic heterocycles. The number of carbonyl (C=O) groups is 1. The first-order valence-corrected chi connectivity index (χ1v) is 8.06. The van der Waals surface area contributed by atoms with Crippen LogP contribution in [0.2, 0.25) is 0 Å². The maximum atomic E-state index is 12.1. The molecule has 2 N–H and O–H groups in total. The van der Waals surface area contributed by atoms with Crippen molar-refractivity contribution in [2.45, 2.75) is 20.4 Å². The lowest BCUT2D eigenvalue weighted by molar-refractivity contribution is 0.251. The molecule has 134 valence electrons. The summed E-state index contributed by atoms with van der Waals surface area (Å²) in [6.45, 7) is 4.84. The molecule has 2 rings (SSSR count). The number of anilines is 1. The van der Waals surface area contributed by atoms with Gasteiger partial charge in [0.25, 0.3) is 0 Å². The molecular formula is C19H24N2O4. The van der Waals surface area contributed by atoms with Gasteiger partial charge < -0.3 is 24.8 Å². The molecule has 0 saturated carbocycles. The van der Waals surface area contributed by atoms with Crippen molar-refractivity contribution in [1.82, 2.24) is 5.32 Å². The molecular weight excluding hydrogens is 320 g/mol. The van der Waals surface area contributed by atoms with E-state index >= 15 is 0 Å². The number of carbonyl (C=O) groups excluding carboxylic acids is 1. The maximum Gasteiger partial charge on any atom is 0.319 e. The van der Waals surface area contributed by atoms with Gasteiger partial charge in [0, 0.05) is 12.2 Å². The van der Waals surface area contributed by atoms with E-state index in [4.69, 9.17) is 14.2 Å². The SMILES string of the molecule is CCOc1ccc(NC(=O)NCc2ccc(OC)c(OC)c2)c(C)c1. The highest BCUT2D eigenvalue weighted by Gasteiger charge is 2.08. The molecule has 0 unspecified atom stereocenters. The molecule has 6 heteroatoms. The third-order valence-corrected chi connectivity index (χ3v) is 3.66. The van der Waals surface area contributed by atoms with Gasteiger partial charge in [-0.25, -0.2) is 4.79 Å². The van der Waals surface area contributed by atoms with Crippen molar-refractivity contribution in [2.24, 2.45) is 0 Å². The monoisotopic (exact) mass is 344 g/mol. The molecule has 0 bridgehead atoms. The summed E-state index contributed by atoms with van der Waals surface area (Å²) >= 11 is 0. The molecule has 2 aromatic carbocycles. The Morgan fingerprint density at radius 3 is 2.44 bits per heavy atom. The average molecular weight is 344 g/mol. The van der Waals surface area contributed by atoms with Crippen LogP contribution in [-0.4, -0.2) is 26.9 Å². The maximum absolute atomic E-state index is 12.1. The highest BCUT2D eigenvalue weighted by molar-refractivity contribution is 5.90. The van der Waals surface area contributed by atoms with Gasteiger partial charge in [-0.1, -0.05) is 6.07 Å². The number of nitrogens with one attached hydrogen (secondary N) is 2. The van der Waals surface area contributed by atoms with Crippen molar-refractivity contribution in [2.75, 3.05) is 26.1 Å². The van der Waals surface area contributed by atoms with Gasteiger partial charge in [-0.2, -0.15) is 0 Å². The number of hydrogen-bond acceptors (Lipinski definition) is 4. The van der Waals surface area contributed by atoms with E-state index in [1.54, 1.807) is 14.2 Å². The minimum absolute atomic E-state index is 0.276. The zero-order valence-electron chi connectivity index (χ0n) is 15.0.